The van der Waals surface area contributed by atoms with Crippen molar-refractivity contribution in [3.05, 3.63) is 69.3 Å². The molecule has 0 aromatic carbocycles. The zero-order valence-electron chi connectivity index (χ0n) is 26.2. The van der Waals surface area contributed by atoms with Gasteiger partial charge in [0.25, 0.3) is 0 Å². The van der Waals surface area contributed by atoms with Crippen LogP contribution in [-0.4, -0.2) is 19.9 Å². The first-order valence-corrected chi connectivity index (χ1v) is 15.7. The van der Waals surface area contributed by atoms with Crippen molar-refractivity contribution >= 4 is 44.4 Å². The molecule has 4 nitrogen and oxygen atoms in total. The van der Waals surface area contributed by atoms with E-state index in [9.17, 15) is 0 Å². The number of fused-ring (bicyclic) bond motifs is 8. The normalized spacial score (nSPS) is 13.3. The summed E-state index contributed by atoms with van der Waals surface area (Å²) in [4.78, 5) is 18.2. The topological polar surface area (TPSA) is 57.4 Å². The van der Waals surface area contributed by atoms with Crippen molar-refractivity contribution in [2.75, 3.05) is 0 Å². The Bertz CT molecular complexity index is 1440. The van der Waals surface area contributed by atoms with Crippen molar-refractivity contribution in [2.24, 2.45) is 0 Å². The zero-order valence-corrected chi connectivity index (χ0v) is 28.6. The van der Waals surface area contributed by atoms with Crippen LogP contribution in [0.1, 0.15) is 126 Å². The minimum absolute atomic E-state index is 0. The Labute approximate surface area is 259 Å². The monoisotopic (exact) mass is 727 g/mol. The molecule has 3 aromatic rings. The molecule has 0 aliphatic carbocycles. The van der Waals surface area contributed by atoms with Crippen LogP contribution < -0.4 is 0 Å². The van der Waals surface area contributed by atoms with E-state index in [2.05, 4.69) is 89.6 Å². The predicted octanol–water partition coefficient (Wildman–Crippen LogP) is 10.0. The van der Waals surface area contributed by atoms with Crippen molar-refractivity contribution in [2.45, 2.75) is 107 Å². The third kappa shape index (κ3) is 5.32. The van der Waals surface area contributed by atoms with Crippen LogP contribution in [0.25, 0.3) is 44.4 Å². The van der Waals surface area contributed by atoms with Crippen LogP contribution in [-0.2, 0) is 45.8 Å². The molecule has 219 valence electrons. The fraction of sp³-hybridized carbons (Fsp3) is 0.444. The molecule has 0 fully saturated rings. The van der Waals surface area contributed by atoms with Gasteiger partial charge in [-0.15, -0.1) is 0 Å². The number of aromatic amines is 2. The summed E-state index contributed by atoms with van der Waals surface area (Å²) in [6.07, 6.45) is 7.84. The summed E-state index contributed by atoms with van der Waals surface area (Å²) in [5, 5.41) is 0. The molecule has 0 amide bonds. The minimum Gasteiger partial charge on any atom is -0.355 e. The number of aromatic nitrogens is 4. The van der Waals surface area contributed by atoms with Crippen LogP contribution >= 0.6 is 0 Å². The molecule has 41 heavy (non-hydrogen) atoms. The molecule has 1 radical (unpaired) electrons. The van der Waals surface area contributed by atoms with Crippen molar-refractivity contribution in [3.8, 4) is 0 Å². The average molecular weight is 727 g/mol. The number of nitrogens with zero attached hydrogens (tertiary/aromatic N) is 2. The maximum absolute atomic E-state index is 5.29. The number of allylic oxidation sites excluding steroid dienone is 4. The van der Waals surface area contributed by atoms with Gasteiger partial charge >= 0.3 is 0 Å². The van der Waals surface area contributed by atoms with E-state index in [0.717, 1.165) is 74.1 Å². The molecule has 2 aliphatic rings. The molecule has 0 spiro atoms. The van der Waals surface area contributed by atoms with Gasteiger partial charge < -0.3 is 9.97 Å². The van der Waals surface area contributed by atoms with Crippen molar-refractivity contribution in [3.63, 3.8) is 0 Å². The number of nitrogens with one attached hydrogen (secondary N) is 2. The van der Waals surface area contributed by atoms with Crippen LogP contribution in [0.2, 0.25) is 0 Å². The predicted molar refractivity (Wildman–Crippen MR) is 173 cm³/mol. The van der Waals surface area contributed by atoms with Gasteiger partial charge in [-0.25, -0.2) is 9.97 Å². The quantitative estimate of drug-likeness (QED) is 0.243. The van der Waals surface area contributed by atoms with E-state index >= 15 is 0 Å². The van der Waals surface area contributed by atoms with Crippen molar-refractivity contribution in [1.82, 2.24) is 19.9 Å². The Kier molecular flexibility index (Phi) is 9.93. The van der Waals surface area contributed by atoms with Crippen molar-refractivity contribution in [1.29, 1.82) is 0 Å². The molecule has 0 unspecified atom stereocenters. The second-order valence-corrected chi connectivity index (χ2v) is 10.9. The van der Waals surface area contributed by atoms with Gasteiger partial charge in [0.2, 0.25) is 0 Å². The average Bonchev–Trinajstić information content (AvgIpc) is 3.67. The van der Waals surface area contributed by atoms with E-state index in [1.807, 2.05) is 0 Å². The van der Waals surface area contributed by atoms with Gasteiger partial charge in [0.05, 0.1) is 22.8 Å². The van der Waals surface area contributed by atoms with Crippen LogP contribution in [0, 0.1) is 0 Å². The van der Waals surface area contributed by atoms with Gasteiger partial charge in [-0.2, -0.15) is 0 Å². The largest absolute Gasteiger partial charge is 0.355 e. The molecule has 8 bridgehead atoms. The van der Waals surface area contributed by atoms with E-state index in [1.165, 1.54) is 66.6 Å². The van der Waals surface area contributed by atoms with Gasteiger partial charge in [-0.3, -0.25) is 0 Å². The summed E-state index contributed by atoms with van der Waals surface area (Å²) < 4.78 is 0. The maximum Gasteiger partial charge on any atom is 0.0693 e. The third-order valence-corrected chi connectivity index (χ3v) is 8.97. The molecule has 5 rings (SSSR count). The molecule has 0 atom stereocenters. The number of H-pyrrole nitrogens is 2. The van der Waals surface area contributed by atoms with Crippen molar-refractivity contribution < 1.29 is 20.1 Å². The van der Waals surface area contributed by atoms with Crippen LogP contribution in [0.5, 0.6) is 0 Å². The third-order valence-electron chi connectivity index (χ3n) is 8.97. The van der Waals surface area contributed by atoms with E-state index in [-0.39, 0.29) is 20.1 Å². The fourth-order valence-electron chi connectivity index (χ4n) is 7.10. The Morgan fingerprint density at radius 1 is 0.390 bits per heavy atom. The molecule has 3 aromatic heterocycles. The molecule has 5 heteroatoms. The molecule has 2 N–H and O–H groups in total. The van der Waals surface area contributed by atoms with E-state index < -0.39 is 0 Å². The number of rotatable bonds is 8. The SMILES string of the molecule is CCC1=C(CC)c2cc3[nH]c(cc4nc(cc5[nH]c(cc1n2)c(CC)c5CC)C(CC)=C4CC)c(CC)c3CC.[Ir]. The summed E-state index contributed by atoms with van der Waals surface area (Å²) in [6.45, 7) is 18.1. The Morgan fingerprint density at radius 3 is 0.780 bits per heavy atom. The van der Waals surface area contributed by atoms with E-state index in [4.69, 9.17) is 9.97 Å². The smallest absolute Gasteiger partial charge is 0.0693 e. The molecule has 5 heterocycles. The van der Waals surface area contributed by atoms with Gasteiger partial charge in [0.1, 0.15) is 0 Å². The number of hydrogen-bond acceptors (Lipinski definition) is 2. The summed E-state index contributed by atoms with van der Waals surface area (Å²) in [6, 6.07) is 9.24. The standard InChI is InChI=1S/C36H46N4.Ir/c1-9-21-22(10-2)30-18-32-25(13-5)26(14-6)34(39-32)20-36-28(16-8)27(15-7)35(40-36)19-33-24(12-4)23(11-3)31(38-33)17-29(21)37-30;/h17-20,37,40H,9-16H2,1-8H3;. The number of aryl methyl sites for hydroxylation is 4. The first kappa shape index (κ1) is 31.2. The number of hydrogen-bond donors (Lipinski definition) is 2. The second-order valence-electron chi connectivity index (χ2n) is 10.9. The van der Waals surface area contributed by atoms with E-state index in [0.29, 0.717) is 0 Å². The van der Waals surface area contributed by atoms with Crippen LogP contribution in [0.15, 0.2) is 24.3 Å². The summed E-state index contributed by atoms with van der Waals surface area (Å²) >= 11 is 0. The fourth-order valence-corrected chi connectivity index (χ4v) is 7.10. The van der Waals surface area contributed by atoms with Gasteiger partial charge in [0, 0.05) is 42.2 Å². The summed E-state index contributed by atoms with van der Waals surface area (Å²) in [5.74, 6) is 0. The Hall–Kier alpha value is -2.75. The molecule has 0 saturated heterocycles. The summed E-state index contributed by atoms with van der Waals surface area (Å²) in [5.41, 5.74) is 20.2. The Balaban J connectivity index is 0.00000387. The molecule has 2 aliphatic heterocycles. The second kappa shape index (κ2) is 13.0. The molecule has 0 saturated carbocycles. The van der Waals surface area contributed by atoms with Gasteiger partial charge in [-0.1, -0.05) is 55.4 Å². The summed E-state index contributed by atoms with van der Waals surface area (Å²) in [7, 11) is 0. The molecular formula is C36H46IrN4. The van der Waals surface area contributed by atoms with Gasteiger partial charge in [-0.05, 0) is 120 Å². The van der Waals surface area contributed by atoms with E-state index in [1.54, 1.807) is 0 Å². The first-order chi connectivity index (χ1) is 19.5. The zero-order chi connectivity index (χ0) is 28.6. The maximum atomic E-state index is 5.29. The first-order valence-electron chi connectivity index (χ1n) is 15.7. The Morgan fingerprint density at radius 2 is 0.610 bits per heavy atom. The molecular weight excluding hydrogens is 681 g/mol. The van der Waals surface area contributed by atoms with Crippen LogP contribution in [0.3, 0.4) is 0 Å². The van der Waals surface area contributed by atoms with Gasteiger partial charge in [0.15, 0.2) is 0 Å². The minimum atomic E-state index is 0. The van der Waals surface area contributed by atoms with Crippen LogP contribution in [0.4, 0.5) is 0 Å².